The van der Waals surface area contributed by atoms with E-state index in [1.54, 1.807) is 0 Å². The van der Waals surface area contributed by atoms with Crippen molar-refractivity contribution in [3.8, 4) is 6.07 Å². The molecule has 1 aromatic carbocycles. The van der Waals surface area contributed by atoms with Crippen molar-refractivity contribution in [1.29, 1.82) is 5.26 Å². The van der Waals surface area contributed by atoms with Crippen molar-refractivity contribution in [3.05, 3.63) is 29.8 Å². The first-order chi connectivity index (χ1) is 11.2. The molecule has 2 fully saturated rings. The lowest BCUT2D eigenvalue weighted by atomic mass is 9.92. The first kappa shape index (κ1) is 15.9. The topological polar surface area (TPSA) is 56.1 Å². The summed E-state index contributed by atoms with van der Waals surface area (Å²) in [5, 5.41) is 12.1. The maximum atomic E-state index is 12.1. The Kier molecular flexibility index (Phi) is 5.17. The van der Waals surface area contributed by atoms with Crippen LogP contribution in [0.1, 0.15) is 50.5 Å². The minimum Gasteiger partial charge on any atom is -0.372 e. The first-order valence-electron chi connectivity index (χ1n) is 8.79. The van der Waals surface area contributed by atoms with Crippen molar-refractivity contribution in [2.24, 2.45) is 5.92 Å². The van der Waals surface area contributed by atoms with Crippen molar-refractivity contribution in [1.82, 2.24) is 5.32 Å². The Balaban J connectivity index is 1.44. The molecule has 0 atom stereocenters. The van der Waals surface area contributed by atoms with Gasteiger partial charge in [0, 0.05) is 31.2 Å². The molecular formula is C19H25N3O. The van der Waals surface area contributed by atoms with Gasteiger partial charge in [-0.2, -0.15) is 5.26 Å². The average Bonchev–Trinajstić information content (AvgIpc) is 3.08. The van der Waals surface area contributed by atoms with Crippen molar-refractivity contribution < 1.29 is 4.79 Å². The highest BCUT2D eigenvalue weighted by Crippen LogP contribution is 2.26. The van der Waals surface area contributed by atoms with E-state index < -0.39 is 0 Å². The van der Waals surface area contributed by atoms with Crippen LogP contribution in [-0.2, 0) is 4.79 Å². The molecule has 1 amide bonds. The number of anilines is 1. The lowest BCUT2D eigenvalue weighted by Gasteiger charge is -2.33. The first-order valence-corrected chi connectivity index (χ1v) is 8.79. The van der Waals surface area contributed by atoms with Gasteiger partial charge >= 0.3 is 0 Å². The largest absolute Gasteiger partial charge is 0.372 e. The van der Waals surface area contributed by atoms with Gasteiger partial charge in [0.1, 0.15) is 0 Å². The van der Waals surface area contributed by atoms with E-state index in [-0.39, 0.29) is 5.91 Å². The predicted octanol–water partition coefficient (Wildman–Crippen LogP) is 3.22. The molecule has 0 radical (unpaired) electrons. The zero-order valence-corrected chi connectivity index (χ0v) is 13.6. The van der Waals surface area contributed by atoms with Crippen LogP contribution in [0.15, 0.2) is 24.3 Å². The van der Waals surface area contributed by atoms with Gasteiger partial charge in [0.15, 0.2) is 0 Å². The number of benzene rings is 1. The van der Waals surface area contributed by atoms with Crippen LogP contribution in [0, 0.1) is 17.2 Å². The van der Waals surface area contributed by atoms with E-state index in [0.717, 1.165) is 38.8 Å². The maximum Gasteiger partial charge on any atom is 0.220 e. The second-order valence-corrected chi connectivity index (χ2v) is 6.84. The molecule has 4 nitrogen and oxygen atoms in total. The van der Waals surface area contributed by atoms with Crippen LogP contribution >= 0.6 is 0 Å². The number of piperidine rings is 1. The highest BCUT2D eigenvalue weighted by atomic mass is 16.1. The van der Waals surface area contributed by atoms with Crippen molar-refractivity contribution in [2.45, 2.75) is 51.0 Å². The molecule has 1 saturated heterocycles. The van der Waals surface area contributed by atoms with Gasteiger partial charge in [0.25, 0.3) is 0 Å². The summed E-state index contributed by atoms with van der Waals surface area (Å²) in [5.41, 5.74) is 1.88. The Morgan fingerprint density at radius 2 is 1.78 bits per heavy atom. The number of nitrogens with one attached hydrogen (secondary N) is 1. The molecule has 1 aromatic rings. The van der Waals surface area contributed by atoms with Gasteiger partial charge in [0.05, 0.1) is 11.6 Å². The minimum atomic E-state index is 0.244. The van der Waals surface area contributed by atoms with Crippen LogP contribution < -0.4 is 10.2 Å². The Morgan fingerprint density at radius 3 is 2.39 bits per heavy atom. The van der Waals surface area contributed by atoms with E-state index in [1.807, 2.05) is 24.3 Å². The van der Waals surface area contributed by atoms with E-state index in [1.165, 1.54) is 18.5 Å². The Bertz CT molecular complexity index is 561. The number of nitriles is 1. The van der Waals surface area contributed by atoms with Gasteiger partial charge in [-0.05, 0) is 55.9 Å². The number of nitrogens with zero attached hydrogens (tertiary/aromatic N) is 2. The molecule has 1 N–H and O–H groups in total. The summed E-state index contributed by atoms with van der Waals surface area (Å²) in [7, 11) is 0. The molecule has 4 heteroatoms. The van der Waals surface area contributed by atoms with Gasteiger partial charge in [-0.3, -0.25) is 4.79 Å². The van der Waals surface area contributed by atoms with Crippen LogP contribution in [0.3, 0.4) is 0 Å². The monoisotopic (exact) mass is 311 g/mol. The van der Waals surface area contributed by atoms with Crippen molar-refractivity contribution in [2.75, 3.05) is 18.0 Å². The summed E-state index contributed by atoms with van der Waals surface area (Å²) < 4.78 is 0. The fourth-order valence-electron chi connectivity index (χ4n) is 3.76. The SMILES string of the molecule is N#Cc1ccc(N2CCC(CC(=O)NC3CCCC3)CC2)cc1. The summed E-state index contributed by atoms with van der Waals surface area (Å²) in [6, 6.07) is 10.4. The molecule has 0 unspecified atom stereocenters. The third-order valence-corrected chi connectivity index (χ3v) is 5.17. The summed E-state index contributed by atoms with van der Waals surface area (Å²) in [6.07, 6.45) is 7.64. The van der Waals surface area contributed by atoms with Gasteiger partial charge in [-0.15, -0.1) is 0 Å². The van der Waals surface area contributed by atoms with Gasteiger partial charge in [0.2, 0.25) is 5.91 Å². The summed E-state index contributed by atoms with van der Waals surface area (Å²) >= 11 is 0. The summed E-state index contributed by atoms with van der Waals surface area (Å²) in [4.78, 5) is 14.5. The quantitative estimate of drug-likeness (QED) is 0.929. The normalized spacial score (nSPS) is 19.5. The summed E-state index contributed by atoms with van der Waals surface area (Å²) in [6.45, 7) is 1.99. The molecule has 122 valence electrons. The van der Waals surface area contributed by atoms with Crippen LogP contribution in [0.4, 0.5) is 5.69 Å². The molecule has 0 bridgehead atoms. The van der Waals surface area contributed by atoms with Crippen LogP contribution in [0.2, 0.25) is 0 Å². The Hall–Kier alpha value is -2.02. The zero-order chi connectivity index (χ0) is 16.1. The number of hydrogen-bond acceptors (Lipinski definition) is 3. The highest BCUT2D eigenvalue weighted by Gasteiger charge is 2.23. The molecule has 1 aliphatic carbocycles. The predicted molar refractivity (Wildman–Crippen MR) is 91.1 cm³/mol. The van der Waals surface area contributed by atoms with E-state index in [0.29, 0.717) is 23.9 Å². The van der Waals surface area contributed by atoms with E-state index >= 15 is 0 Å². The van der Waals surface area contributed by atoms with Crippen molar-refractivity contribution >= 4 is 11.6 Å². The van der Waals surface area contributed by atoms with Crippen LogP contribution in [0.5, 0.6) is 0 Å². The average molecular weight is 311 g/mol. The van der Waals surface area contributed by atoms with E-state index in [2.05, 4.69) is 16.3 Å². The third kappa shape index (κ3) is 4.25. The van der Waals surface area contributed by atoms with E-state index in [4.69, 9.17) is 5.26 Å². The molecule has 1 saturated carbocycles. The summed E-state index contributed by atoms with van der Waals surface area (Å²) in [5.74, 6) is 0.750. The number of amides is 1. The highest BCUT2D eigenvalue weighted by molar-refractivity contribution is 5.76. The Labute approximate surface area is 138 Å². The van der Waals surface area contributed by atoms with Crippen LogP contribution in [0.25, 0.3) is 0 Å². The van der Waals surface area contributed by atoms with Gasteiger partial charge < -0.3 is 10.2 Å². The molecule has 0 spiro atoms. The standard InChI is InChI=1S/C19H25N3O/c20-14-16-5-7-18(8-6-16)22-11-9-15(10-12-22)13-19(23)21-17-3-1-2-4-17/h5-8,15,17H,1-4,9-13H2,(H,21,23). The molecule has 1 aliphatic heterocycles. The number of carbonyl (C=O) groups excluding carboxylic acids is 1. The number of rotatable bonds is 4. The smallest absolute Gasteiger partial charge is 0.220 e. The number of carbonyl (C=O) groups is 1. The molecule has 23 heavy (non-hydrogen) atoms. The molecule has 0 aromatic heterocycles. The second-order valence-electron chi connectivity index (χ2n) is 6.84. The minimum absolute atomic E-state index is 0.244. The maximum absolute atomic E-state index is 12.1. The molecular weight excluding hydrogens is 286 g/mol. The fraction of sp³-hybridized carbons (Fsp3) is 0.579. The fourth-order valence-corrected chi connectivity index (χ4v) is 3.76. The molecule has 1 heterocycles. The van der Waals surface area contributed by atoms with Gasteiger partial charge in [-0.1, -0.05) is 12.8 Å². The third-order valence-electron chi connectivity index (χ3n) is 5.17. The van der Waals surface area contributed by atoms with E-state index in [9.17, 15) is 4.79 Å². The zero-order valence-electron chi connectivity index (χ0n) is 13.6. The molecule has 2 aliphatic rings. The Morgan fingerprint density at radius 1 is 1.13 bits per heavy atom. The lowest BCUT2D eigenvalue weighted by molar-refractivity contribution is -0.122. The van der Waals surface area contributed by atoms with Crippen LogP contribution in [-0.4, -0.2) is 25.0 Å². The number of hydrogen-bond donors (Lipinski definition) is 1. The van der Waals surface area contributed by atoms with Gasteiger partial charge in [-0.25, -0.2) is 0 Å². The lowest BCUT2D eigenvalue weighted by Crippen LogP contribution is -2.38. The van der Waals surface area contributed by atoms with Crippen molar-refractivity contribution in [3.63, 3.8) is 0 Å². The molecule has 3 rings (SSSR count). The second kappa shape index (κ2) is 7.50.